The topological polar surface area (TPSA) is 107 Å². The van der Waals surface area contributed by atoms with Gasteiger partial charge in [-0.2, -0.15) is 18.3 Å². The van der Waals surface area contributed by atoms with E-state index < -0.39 is 17.6 Å². The number of halogens is 3. The summed E-state index contributed by atoms with van der Waals surface area (Å²) in [6.45, 7) is 0. The lowest BCUT2D eigenvalue weighted by atomic mass is 9.90. The summed E-state index contributed by atoms with van der Waals surface area (Å²) in [4.78, 5) is 21.4. The van der Waals surface area contributed by atoms with E-state index in [2.05, 4.69) is 32.5 Å². The fraction of sp³-hybridized carbons (Fsp3) is 0.333. The van der Waals surface area contributed by atoms with Gasteiger partial charge in [0.2, 0.25) is 5.88 Å². The molecule has 5 rings (SSSR count). The zero-order valence-corrected chi connectivity index (χ0v) is 20.7. The number of nitrogens with zero attached hydrogens (tertiary/aromatic N) is 4. The van der Waals surface area contributed by atoms with Gasteiger partial charge in [-0.1, -0.05) is 43.2 Å². The Hall–Kier alpha value is -4.15. The lowest BCUT2D eigenvalue weighted by Gasteiger charge is -2.22. The number of methoxy groups -OCH3 is 1. The number of benzene rings is 1. The maximum atomic E-state index is 13.8. The fourth-order valence-corrected chi connectivity index (χ4v) is 5.19. The predicted octanol–water partition coefficient (Wildman–Crippen LogP) is 5.25. The van der Waals surface area contributed by atoms with Gasteiger partial charge in [-0.15, -0.1) is 0 Å². The van der Waals surface area contributed by atoms with E-state index in [1.54, 1.807) is 0 Å². The number of carbonyl (C=O) groups is 1. The first-order chi connectivity index (χ1) is 18.3. The summed E-state index contributed by atoms with van der Waals surface area (Å²) in [6, 6.07) is 12.6. The highest BCUT2D eigenvalue weighted by atomic mass is 19.4. The molecule has 3 N–H and O–H groups in total. The fourth-order valence-electron chi connectivity index (χ4n) is 5.19. The van der Waals surface area contributed by atoms with Crippen molar-refractivity contribution in [3.05, 3.63) is 71.7 Å². The summed E-state index contributed by atoms with van der Waals surface area (Å²) in [5, 5.41) is 7.09. The Bertz CT molecular complexity index is 1450. The molecule has 1 aromatic carbocycles. The normalized spacial score (nSPS) is 18.2. The number of alkyl halides is 3. The maximum absolute atomic E-state index is 13.8. The molecule has 0 spiro atoms. The zero-order valence-electron chi connectivity index (χ0n) is 20.7. The highest BCUT2D eigenvalue weighted by Gasteiger charge is 2.37. The van der Waals surface area contributed by atoms with Crippen LogP contribution in [-0.4, -0.2) is 38.6 Å². The van der Waals surface area contributed by atoms with E-state index in [-0.39, 0.29) is 40.1 Å². The Morgan fingerprint density at radius 2 is 1.89 bits per heavy atom. The van der Waals surface area contributed by atoms with E-state index in [1.807, 2.05) is 18.2 Å². The molecule has 1 saturated carbocycles. The summed E-state index contributed by atoms with van der Waals surface area (Å²) in [6.07, 6.45) is 2.46. The lowest BCUT2D eigenvalue weighted by molar-refractivity contribution is -0.136. The van der Waals surface area contributed by atoms with Gasteiger partial charge in [0.25, 0.3) is 5.91 Å². The molecule has 3 aromatic heterocycles. The van der Waals surface area contributed by atoms with Crippen molar-refractivity contribution in [2.45, 2.75) is 50.2 Å². The predicted molar refractivity (Wildman–Crippen MR) is 136 cm³/mol. The summed E-state index contributed by atoms with van der Waals surface area (Å²) < 4.78 is 47.7. The molecule has 0 saturated heterocycles. The number of nitrogens with one attached hydrogen (secondary N) is 1. The number of carbonyl (C=O) groups excluding carboxylic acids is 1. The molecule has 0 radical (unpaired) electrons. The largest absolute Gasteiger partial charge is 0.480 e. The molecule has 198 valence electrons. The number of pyridine rings is 1. The lowest BCUT2D eigenvalue weighted by Crippen LogP contribution is -2.35. The second-order valence-electron chi connectivity index (χ2n) is 9.43. The zero-order chi connectivity index (χ0) is 26.9. The smallest absolute Gasteiger partial charge is 0.418 e. The quantitative estimate of drug-likeness (QED) is 0.346. The molecule has 2 unspecified atom stereocenters. The number of anilines is 1. The Balaban J connectivity index is 1.47. The average molecular weight is 525 g/mol. The molecule has 11 heteroatoms. The third-order valence-corrected chi connectivity index (χ3v) is 7.00. The molecule has 38 heavy (non-hydrogen) atoms. The van der Waals surface area contributed by atoms with Gasteiger partial charge in [0.05, 0.1) is 18.4 Å². The van der Waals surface area contributed by atoms with Gasteiger partial charge < -0.3 is 15.8 Å². The van der Waals surface area contributed by atoms with E-state index in [1.165, 1.54) is 24.9 Å². The second-order valence-corrected chi connectivity index (χ2v) is 9.43. The first-order valence-corrected chi connectivity index (χ1v) is 12.4. The Labute approximate surface area is 217 Å². The molecule has 0 bridgehead atoms. The SMILES string of the molecule is COc1ncc(-c2cc(C(F)(F)F)c3c(N)ncnn23)cc1C(=O)NC1CCCCC(c2ccccc2)C1. The minimum atomic E-state index is -4.68. The van der Waals surface area contributed by atoms with Crippen LogP contribution in [0.4, 0.5) is 19.0 Å². The third-order valence-electron chi connectivity index (χ3n) is 7.00. The summed E-state index contributed by atoms with van der Waals surface area (Å²) in [5.41, 5.74) is 6.13. The van der Waals surface area contributed by atoms with Crippen LogP contribution in [0, 0.1) is 0 Å². The number of nitrogens with two attached hydrogens (primary N) is 1. The van der Waals surface area contributed by atoms with Crippen LogP contribution < -0.4 is 15.8 Å². The molecule has 2 atom stereocenters. The first-order valence-electron chi connectivity index (χ1n) is 12.4. The molecule has 0 aliphatic heterocycles. The van der Waals surface area contributed by atoms with Crippen molar-refractivity contribution in [3.63, 3.8) is 0 Å². The monoisotopic (exact) mass is 524 g/mol. The molecule has 8 nitrogen and oxygen atoms in total. The van der Waals surface area contributed by atoms with E-state index in [9.17, 15) is 18.0 Å². The van der Waals surface area contributed by atoms with E-state index >= 15 is 0 Å². The number of hydrogen-bond acceptors (Lipinski definition) is 6. The summed E-state index contributed by atoms with van der Waals surface area (Å²) in [7, 11) is 1.39. The van der Waals surface area contributed by atoms with Crippen LogP contribution in [0.3, 0.4) is 0 Å². The van der Waals surface area contributed by atoms with Gasteiger partial charge in [0, 0.05) is 17.8 Å². The van der Waals surface area contributed by atoms with Crippen LogP contribution in [0.1, 0.15) is 59.5 Å². The number of rotatable bonds is 5. The van der Waals surface area contributed by atoms with Crippen LogP contribution in [0.25, 0.3) is 16.8 Å². The molecular weight excluding hydrogens is 497 g/mol. The third kappa shape index (κ3) is 5.00. The van der Waals surface area contributed by atoms with Crippen LogP contribution >= 0.6 is 0 Å². The standard InChI is InChI=1S/C27H27F3N6O2/c1-38-26-20(25(37)35-19-10-6-5-9-17(11-19)16-7-3-2-4-8-16)12-18(14-32-26)22-13-21(27(28,29)30)23-24(31)33-15-34-36(22)23/h2-4,7-8,12-15,17,19H,5-6,9-11H2,1H3,(H,35,37)(H2,31,33,34). The van der Waals surface area contributed by atoms with Crippen molar-refractivity contribution in [1.82, 2.24) is 24.9 Å². The van der Waals surface area contributed by atoms with Gasteiger partial charge in [-0.3, -0.25) is 4.79 Å². The second kappa shape index (κ2) is 10.3. The van der Waals surface area contributed by atoms with E-state index in [4.69, 9.17) is 10.5 Å². The minimum Gasteiger partial charge on any atom is -0.480 e. The van der Waals surface area contributed by atoms with Gasteiger partial charge in [-0.25, -0.2) is 14.5 Å². The van der Waals surface area contributed by atoms with Crippen molar-refractivity contribution in [2.24, 2.45) is 0 Å². The highest BCUT2D eigenvalue weighted by molar-refractivity contribution is 5.97. The highest BCUT2D eigenvalue weighted by Crippen LogP contribution is 2.39. The van der Waals surface area contributed by atoms with Crippen molar-refractivity contribution < 1.29 is 22.7 Å². The van der Waals surface area contributed by atoms with Gasteiger partial charge in [-0.05, 0) is 42.9 Å². The molecule has 1 fully saturated rings. The Morgan fingerprint density at radius 1 is 1.13 bits per heavy atom. The molecule has 1 amide bonds. The molecular formula is C27H27F3N6O2. The van der Waals surface area contributed by atoms with Crippen molar-refractivity contribution >= 4 is 17.2 Å². The molecule has 1 aliphatic carbocycles. The number of aromatic nitrogens is 4. The van der Waals surface area contributed by atoms with Crippen LogP contribution in [0.5, 0.6) is 5.88 Å². The molecule has 3 heterocycles. The summed E-state index contributed by atoms with van der Waals surface area (Å²) in [5.74, 6) is -0.306. The van der Waals surface area contributed by atoms with E-state index in [0.717, 1.165) is 49.0 Å². The number of nitrogen functional groups attached to an aromatic ring is 1. The van der Waals surface area contributed by atoms with Gasteiger partial charge in [0.1, 0.15) is 17.4 Å². The maximum Gasteiger partial charge on any atom is 0.418 e. The molecule has 1 aliphatic rings. The van der Waals surface area contributed by atoms with Crippen LogP contribution in [-0.2, 0) is 6.18 Å². The van der Waals surface area contributed by atoms with Gasteiger partial charge in [0.15, 0.2) is 5.82 Å². The minimum absolute atomic E-state index is 0.0675. The number of ether oxygens (including phenoxy) is 1. The van der Waals surface area contributed by atoms with Crippen LogP contribution in [0.15, 0.2) is 55.0 Å². The van der Waals surface area contributed by atoms with Crippen molar-refractivity contribution in [3.8, 4) is 17.1 Å². The van der Waals surface area contributed by atoms with E-state index in [0.29, 0.717) is 5.92 Å². The van der Waals surface area contributed by atoms with Crippen LogP contribution in [0.2, 0.25) is 0 Å². The van der Waals surface area contributed by atoms with Crippen molar-refractivity contribution in [1.29, 1.82) is 0 Å². The average Bonchev–Trinajstić information content (AvgIpc) is 3.17. The molecule has 4 aromatic rings. The van der Waals surface area contributed by atoms with Crippen molar-refractivity contribution in [2.75, 3.05) is 12.8 Å². The number of amides is 1. The van der Waals surface area contributed by atoms with Gasteiger partial charge >= 0.3 is 6.18 Å². The summed E-state index contributed by atoms with van der Waals surface area (Å²) >= 11 is 0. The number of fused-ring (bicyclic) bond motifs is 1. The Kier molecular flexibility index (Phi) is 6.92. The Morgan fingerprint density at radius 3 is 2.63 bits per heavy atom. The number of hydrogen-bond donors (Lipinski definition) is 2. The first kappa shape index (κ1) is 25.5.